The molecule has 39 heavy (non-hydrogen) atoms. The van der Waals surface area contributed by atoms with Gasteiger partial charge < -0.3 is 15.5 Å². The third-order valence-corrected chi connectivity index (χ3v) is 8.36. The van der Waals surface area contributed by atoms with Crippen molar-refractivity contribution < 1.29 is 18.0 Å². The second-order valence-electron chi connectivity index (χ2n) is 11.6. The highest BCUT2D eigenvalue weighted by molar-refractivity contribution is 6.30. The minimum Gasteiger partial charge on any atom is -0.368 e. The monoisotopic (exact) mass is 564 g/mol. The lowest BCUT2D eigenvalue weighted by Gasteiger charge is -2.39. The number of nitrogens with two attached hydrogens (primary N) is 1. The Labute approximate surface area is 235 Å². The van der Waals surface area contributed by atoms with Crippen molar-refractivity contribution in [3.63, 3.8) is 0 Å². The van der Waals surface area contributed by atoms with E-state index in [1.165, 1.54) is 6.07 Å². The molecule has 0 radical (unpaired) electrons. The maximum Gasteiger partial charge on any atom is 0.416 e. The molecule has 2 heterocycles. The molecular weight excluding hydrogens is 525 g/mol. The quantitative estimate of drug-likeness (QED) is 0.436. The van der Waals surface area contributed by atoms with Crippen LogP contribution in [0.4, 0.5) is 18.9 Å². The molecule has 0 bridgehead atoms. The number of rotatable bonds is 7. The van der Waals surface area contributed by atoms with E-state index in [2.05, 4.69) is 23.6 Å². The van der Waals surface area contributed by atoms with Crippen LogP contribution in [0.5, 0.6) is 0 Å². The minimum absolute atomic E-state index is 0.0887. The van der Waals surface area contributed by atoms with Gasteiger partial charge in [-0.2, -0.15) is 13.2 Å². The van der Waals surface area contributed by atoms with Crippen molar-refractivity contribution in [1.29, 1.82) is 0 Å². The number of alkyl halides is 3. The van der Waals surface area contributed by atoms with Crippen LogP contribution in [-0.2, 0) is 11.0 Å². The molecule has 3 atom stereocenters. The standard InChI is InChI=1S/C30H40ClF3N4O/c1-19(2)15-27(35)24-16-22(30(32,33)34)7-10-28(24)36-11-13-37(14-12-36)29(39)26-18-38(20(3)4)17-25(26)21-5-8-23(31)9-6-21/h5-10,16,19-20,25-27H,11-15,17-18,35H2,1-4H3/t25-,26+,27-/m0/s1. The number of hydrogen-bond acceptors (Lipinski definition) is 4. The number of hydrogen-bond donors (Lipinski definition) is 1. The fourth-order valence-electron chi connectivity index (χ4n) is 5.91. The summed E-state index contributed by atoms with van der Waals surface area (Å²) >= 11 is 6.11. The van der Waals surface area contributed by atoms with Crippen LogP contribution in [0.1, 0.15) is 62.8 Å². The number of benzene rings is 2. The first kappa shape index (κ1) is 29.7. The summed E-state index contributed by atoms with van der Waals surface area (Å²) in [6.45, 7) is 12.0. The van der Waals surface area contributed by atoms with Crippen LogP contribution in [0.25, 0.3) is 0 Å². The Kier molecular flexibility index (Phi) is 9.19. The summed E-state index contributed by atoms with van der Waals surface area (Å²) in [5, 5.41) is 0.673. The SMILES string of the molecule is CC(C)C[C@H](N)c1cc(C(F)(F)F)ccc1N1CCN(C(=O)[C@@H]2CN(C(C)C)C[C@H]2c2ccc(Cl)cc2)CC1. The fourth-order valence-corrected chi connectivity index (χ4v) is 6.03. The van der Waals surface area contributed by atoms with E-state index in [0.29, 0.717) is 55.8 Å². The van der Waals surface area contributed by atoms with Gasteiger partial charge in [0.25, 0.3) is 0 Å². The van der Waals surface area contributed by atoms with Crippen molar-refractivity contribution in [3.8, 4) is 0 Å². The van der Waals surface area contributed by atoms with Crippen LogP contribution in [0, 0.1) is 11.8 Å². The van der Waals surface area contributed by atoms with Crippen LogP contribution < -0.4 is 10.6 Å². The van der Waals surface area contributed by atoms with Crippen LogP contribution in [0.2, 0.25) is 5.02 Å². The number of carbonyl (C=O) groups is 1. The van der Waals surface area contributed by atoms with E-state index in [1.54, 1.807) is 6.07 Å². The van der Waals surface area contributed by atoms with Gasteiger partial charge in [0.15, 0.2) is 0 Å². The topological polar surface area (TPSA) is 52.8 Å². The van der Waals surface area contributed by atoms with Crippen LogP contribution in [-0.4, -0.2) is 61.0 Å². The van der Waals surface area contributed by atoms with Crippen molar-refractivity contribution in [2.75, 3.05) is 44.2 Å². The van der Waals surface area contributed by atoms with Gasteiger partial charge in [-0.15, -0.1) is 0 Å². The molecule has 4 rings (SSSR count). The summed E-state index contributed by atoms with van der Waals surface area (Å²) in [5.74, 6) is 0.330. The lowest BCUT2D eigenvalue weighted by Crippen LogP contribution is -2.51. The molecule has 214 valence electrons. The van der Waals surface area contributed by atoms with E-state index < -0.39 is 17.8 Å². The van der Waals surface area contributed by atoms with E-state index in [9.17, 15) is 18.0 Å². The Bertz CT molecular complexity index is 1130. The van der Waals surface area contributed by atoms with Crippen molar-refractivity contribution in [2.45, 2.75) is 58.3 Å². The van der Waals surface area contributed by atoms with Gasteiger partial charge in [0.05, 0.1) is 11.5 Å². The normalized spacial score (nSPS) is 21.7. The zero-order valence-corrected chi connectivity index (χ0v) is 24.0. The Morgan fingerprint density at radius 3 is 2.21 bits per heavy atom. The third-order valence-electron chi connectivity index (χ3n) is 8.11. The third kappa shape index (κ3) is 6.90. The second-order valence-corrected chi connectivity index (χ2v) is 12.1. The minimum atomic E-state index is -4.43. The maximum atomic E-state index is 13.8. The first-order valence-corrected chi connectivity index (χ1v) is 14.2. The van der Waals surface area contributed by atoms with Gasteiger partial charge in [-0.05, 0) is 67.6 Å². The highest BCUT2D eigenvalue weighted by Crippen LogP contribution is 2.38. The molecule has 2 saturated heterocycles. The molecular formula is C30H40ClF3N4O. The van der Waals surface area contributed by atoms with Crippen molar-refractivity contribution >= 4 is 23.2 Å². The number of anilines is 1. The van der Waals surface area contributed by atoms with Crippen LogP contribution in [0.3, 0.4) is 0 Å². The molecule has 0 spiro atoms. The summed E-state index contributed by atoms with van der Waals surface area (Å²) in [6.07, 6.45) is -3.84. The molecule has 5 nitrogen and oxygen atoms in total. The Hall–Kier alpha value is -2.29. The Morgan fingerprint density at radius 1 is 1.00 bits per heavy atom. The van der Waals surface area contributed by atoms with Crippen molar-refractivity contribution in [1.82, 2.24) is 9.80 Å². The van der Waals surface area contributed by atoms with Crippen molar-refractivity contribution in [3.05, 3.63) is 64.2 Å². The highest BCUT2D eigenvalue weighted by Gasteiger charge is 2.41. The Morgan fingerprint density at radius 2 is 1.64 bits per heavy atom. The number of nitrogens with zero attached hydrogens (tertiary/aromatic N) is 3. The largest absolute Gasteiger partial charge is 0.416 e. The summed E-state index contributed by atoms with van der Waals surface area (Å²) < 4.78 is 40.5. The first-order valence-electron chi connectivity index (χ1n) is 13.8. The molecule has 0 unspecified atom stereocenters. The molecule has 0 aliphatic carbocycles. The lowest BCUT2D eigenvalue weighted by atomic mass is 9.88. The van der Waals surface area contributed by atoms with E-state index in [4.69, 9.17) is 17.3 Å². The second kappa shape index (κ2) is 12.1. The summed E-state index contributed by atoms with van der Waals surface area (Å²) in [7, 11) is 0. The highest BCUT2D eigenvalue weighted by atomic mass is 35.5. The molecule has 2 aliphatic rings. The van der Waals surface area contributed by atoms with E-state index in [0.717, 1.165) is 23.9 Å². The number of carbonyl (C=O) groups excluding carboxylic acids is 1. The molecule has 9 heteroatoms. The molecule has 0 saturated carbocycles. The molecule has 2 N–H and O–H groups in total. The van der Waals surface area contributed by atoms with Gasteiger partial charge in [-0.1, -0.05) is 37.6 Å². The smallest absolute Gasteiger partial charge is 0.368 e. The zero-order valence-electron chi connectivity index (χ0n) is 23.2. The number of halogens is 4. The van der Waals surface area contributed by atoms with Gasteiger partial charge in [0.1, 0.15) is 0 Å². The first-order chi connectivity index (χ1) is 18.3. The maximum absolute atomic E-state index is 13.8. The van der Waals surface area contributed by atoms with Crippen LogP contribution in [0.15, 0.2) is 42.5 Å². The van der Waals surface area contributed by atoms with Gasteiger partial charge in [0, 0.05) is 68.0 Å². The van der Waals surface area contributed by atoms with Crippen LogP contribution >= 0.6 is 11.6 Å². The summed E-state index contributed by atoms with van der Waals surface area (Å²) in [6, 6.07) is 11.5. The predicted octanol–water partition coefficient (Wildman–Crippen LogP) is 6.18. The number of amides is 1. The Balaban J connectivity index is 1.50. The van der Waals surface area contributed by atoms with Gasteiger partial charge >= 0.3 is 6.18 Å². The van der Waals surface area contributed by atoms with Gasteiger partial charge in [-0.3, -0.25) is 9.69 Å². The van der Waals surface area contributed by atoms with Gasteiger partial charge in [-0.25, -0.2) is 0 Å². The van der Waals surface area contributed by atoms with E-state index in [1.807, 2.05) is 43.0 Å². The van der Waals surface area contributed by atoms with E-state index in [-0.39, 0.29) is 23.7 Å². The van der Waals surface area contributed by atoms with Gasteiger partial charge in [0.2, 0.25) is 5.91 Å². The van der Waals surface area contributed by atoms with E-state index >= 15 is 0 Å². The molecule has 2 aromatic carbocycles. The molecule has 2 fully saturated rings. The summed E-state index contributed by atoms with van der Waals surface area (Å²) in [5.41, 5.74) is 8.10. The lowest BCUT2D eigenvalue weighted by molar-refractivity contribution is -0.138. The average molecular weight is 565 g/mol. The predicted molar refractivity (Wildman–Crippen MR) is 151 cm³/mol. The number of likely N-dealkylation sites (tertiary alicyclic amines) is 1. The van der Waals surface area contributed by atoms with Crippen molar-refractivity contribution in [2.24, 2.45) is 17.6 Å². The molecule has 2 aliphatic heterocycles. The molecule has 2 aromatic rings. The zero-order chi connectivity index (χ0) is 28.5. The summed E-state index contributed by atoms with van der Waals surface area (Å²) in [4.78, 5) is 20.2. The number of piperazine rings is 1. The molecule has 0 aromatic heterocycles. The molecule has 1 amide bonds. The fraction of sp³-hybridized carbons (Fsp3) is 0.567. The average Bonchev–Trinajstić information content (AvgIpc) is 3.33.